The van der Waals surface area contributed by atoms with Crippen LogP contribution in [0.1, 0.15) is 20.7 Å². The standard InChI is InChI=1S/C16H14ClF2N7O3/c1-26-16(23-24-25-26)22-14(28)9-4-5-10(29-15(18)19)12(11(9)17)21-13(27)8-3-2-6-20-7-8/h2-7,15,24-25H,1H3,(H,21,27)(H,22,23,28). The first kappa shape index (κ1) is 20.2. The second-order valence-electron chi connectivity index (χ2n) is 5.55. The fourth-order valence-corrected chi connectivity index (χ4v) is 2.58. The van der Waals surface area contributed by atoms with Crippen LogP contribution in [0.15, 0.2) is 41.8 Å². The largest absolute Gasteiger partial charge is 0.433 e. The van der Waals surface area contributed by atoms with E-state index in [0.717, 1.165) is 6.07 Å². The number of amides is 2. The van der Waals surface area contributed by atoms with E-state index < -0.39 is 24.2 Å². The summed E-state index contributed by atoms with van der Waals surface area (Å²) in [6, 6.07) is 5.28. The van der Waals surface area contributed by atoms with Crippen molar-refractivity contribution in [2.24, 2.45) is 5.10 Å². The summed E-state index contributed by atoms with van der Waals surface area (Å²) in [6.07, 6.45) is 2.74. The molecular weight excluding hydrogens is 412 g/mol. The molecule has 0 bridgehead atoms. The van der Waals surface area contributed by atoms with Crippen molar-refractivity contribution < 1.29 is 23.1 Å². The Morgan fingerprint density at radius 3 is 2.66 bits per heavy atom. The maximum absolute atomic E-state index is 12.8. The van der Waals surface area contributed by atoms with Crippen LogP contribution in [0, 0.1) is 0 Å². The highest BCUT2D eigenvalue weighted by Crippen LogP contribution is 2.36. The van der Waals surface area contributed by atoms with E-state index in [-0.39, 0.29) is 27.8 Å². The first-order chi connectivity index (χ1) is 13.9. The monoisotopic (exact) mass is 425 g/mol. The van der Waals surface area contributed by atoms with Crippen LogP contribution < -0.4 is 26.4 Å². The minimum atomic E-state index is -3.17. The van der Waals surface area contributed by atoms with Crippen molar-refractivity contribution >= 4 is 35.1 Å². The third-order valence-corrected chi connectivity index (χ3v) is 4.04. The van der Waals surface area contributed by atoms with E-state index in [1.165, 1.54) is 35.6 Å². The van der Waals surface area contributed by atoms with Gasteiger partial charge in [0.1, 0.15) is 5.69 Å². The second-order valence-corrected chi connectivity index (χ2v) is 5.92. The van der Waals surface area contributed by atoms with Crippen molar-refractivity contribution in [3.8, 4) is 5.75 Å². The van der Waals surface area contributed by atoms with Gasteiger partial charge in [-0.2, -0.15) is 8.78 Å². The van der Waals surface area contributed by atoms with Crippen LogP contribution in [0.4, 0.5) is 14.5 Å². The number of carbonyl (C=O) groups is 2. The lowest BCUT2D eigenvalue weighted by Gasteiger charge is -2.17. The number of benzene rings is 1. The van der Waals surface area contributed by atoms with Crippen molar-refractivity contribution in [3.63, 3.8) is 0 Å². The number of carbonyl (C=O) groups excluding carboxylic acids is 2. The molecule has 29 heavy (non-hydrogen) atoms. The zero-order valence-corrected chi connectivity index (χ0v) is 15.5. The topological polar surface area (TPSA) is 120 Å². The number of guanidine groups is 1. The summed E-state index contributed by atoms with van der Waals surface area (Å²) in [5, 5.41) is 9.73. The highest BCUT2D eigenvalue weighted by Gasteiger charge is 2.24. The average molecular weight is 426 g/mol. The lowest BCUT2D eigenvalue weighted by Crippen LogP contribution is -2.45. The fourth-order valence-electron chi connectivity index (χ4n) is 2.29. The van der Waals surface area contributed by atoms with Gasteiger partial charge in [-0.1, -0.05) is 11.6 Å². The highest BCUT2D eigenvalue weighted by molar-refractivity contribution is 6.37. The van der Waals surface area contributed by atoms with E-state index >= 15 is 0 Å². The van der Waals surface area contributed by atoms with E-state index in [1.807, 2.05) is 0 Å². The van der Waals surface area contributed by atoms with Crippen molar-refractivity contribution in [3.05, 3.63) is 52.8 Å². The molecule has 1 aromatic heterocycles. The zero-order chi connectivity index (χ0) is 21.0. The minimum Gasteiger partial charge on any atom is -0.433 e. The molecule has 0 saturated heterocycles. The van der Waals surface area contributed by atoms with Crippen LogP contribution in [0.25, 0.3) is 0 Å². The van der Waals surface area contributed by atoms with Gasteiger partial charge >= 0.3 is 6.61 Å². The molecule has 2 amide bonds. The molecule has 13 heteroatoms. The van der Waals surface area contributed by atoms with E-state index in [4.69, 9.17) is 11.6 Å². The number of hydrogen-bond donors (Lipinski definition) is 4. The van der Waals surface area contributed by atoms with Gasteiger partial charge in [0.25, 0.3) is 11.8 Å². The molecule has 152 valence electrons. The smallest absolute Gasteiger partial charge is 0.387 e. The molecule has 0 aliphatic carbocycles. The number of nitrogens with zero attached hydrogens (tertiary/aromatic N) is 3. The van der Waals surface area contributed by atoms with Crippen molar-refractivity contribution in [1.29, 1.82) is 0 Å². The Morgan fingerprint density at radius 2 is 2.03 bits per heavy atom. The zero-order valence-electron chi connectivity index (χ0n) is 14.7. The number of ether oxygens (including phenoxy) is 1. The number of hydrazone groups is 1. The Morgan fingerprint density at radius 1 is 1.24 bits per heavy atom. The summed E-state index contributed by atoms with van der Waals surface area (Å²) < 4.78 is 29.9. The quantitative estimate of drug-likeness (QED) is 0.573. The van der Waals surface area contributed by atoms with E-state index in [9.17, 15) is 18.4 Å². The van der Waals surface area contributed by atoms with Crippen molar-refractivity contribution in [1.82, 2.24) is 26.4 Å². The number of hydrazine groups is 2. The molecule has 1 aliphatic rings. The van der Waals surface area contributed by atoms with Crippen LogP contribution in [0.5, 0.6) is 5.75 Å². The van der Waals surface area contributed by atoms with Gasteiger partial charge in [0.15, 0.2) is 5.75 Å². The van der Waals surface area contributed by atoms with E-state index in [2.05, 4.69) is 36.5 Å². The SMILES string of the molecule is CN1NNN=C1NC(=O)c1ccc(OC(F)F)c(NC(=O)c2cccnc2)c1Cl. The number of rotatable bonds is 5. The van der Waals surface area contributed by atoms with Crippen LogP contribution in [-0.2, 0) is 0 Å². The van der Waals surface area contributed by atoms with E-state index in [1.54, 1.807) is 7.05 Å². The molecule has 0 unspecified atom stereocenters. The number of anilines is 1. The third kappa shape index (κ3) is 4.67. The van der Waals surface area contributed by atoms with Gasteiger partial charge in [0, 0.05) is 19.4 Å². The summed E-state index contributed by atoms with van der Waals surface area (Å²) in [5.74, 6) is -1.63. The number of halogens is 3. The molecule has 0 saturated carbocycles. The van der Waals surface area contributed by atoms with Crippen LogP contribution >= 0.6 is 11.6 Å². The van der Waals surface area contributed by atoms with Gasteiger partial charge in [0.05, 0.1) is 16.1 Å². The lowest BCUT2D eigenvalue weighted by molar-refractivity contribution is -0.0493. The number of aromatic nitrogens is 1. The molecule has 0 fully saturated rings. The number of alkyl halides is 2. The fraction of sp³-hybridized carbons (Fsp3) is 0.125. The van der Waals surface area contributed by atoms with Crippen molar-refractivity contribution in [2.75, 3.05) is 12.4 Å². The maximum Gasteiger partial charge on any atom is 0.387 e. The summed E-state index contributed by atoms with van der Waals surface area (Å²) in [5.41, 5.74) is 4.79. The van der Waals surface area contributed by atoms with Crippen LogP contribution in [0.2, 0.25) is 5.02 Å². The average Bonchev–Trinajstić information content (AvgIpc) is 3.09. The first-order valence-corrected chi connectivity index (χ1v) is 8.36. The van der Waals surface area contributed by atoms with Gasteiger partial charge in [-0.05, 0) is 24.3 Å². The molecule has 0 spiro atoms. The normalized spacial score (nSPS) is 13.0. The number of hydrogen-bond acceptors (Lipinski definition) is 8. The van der Waals surface area contributed by atoms with Gasteiger partial charge < -0.3 is 10.1 Å². The molecule has 1 aromatic carbocycles. The van der Waals surface area contributed by atoms with E-state index in [0.29, 0.717) is 0 Å². The molecule has 0 radical (unpaired) electrons. The molecular formula is C16H14ClF2N7O3. The Kier molecular flexibility index (Phi) is 6.04. The molecule has 1 aliphatic heterocycles. The molecule has 2 heterocycles. The summed E-state index contributed by atoms with van der Waals surface area (Å²) in [4.78, 5) is 28.8. The van der Waals surface area contributed by atoms with Gasteiger partial charge in [-0.25, -0.2) is 5.53 Å². The summed E-state index contributed by atoms with van der Waals surface area (Å²) >= 11 is 6.24. The molecule has 2 aromatic rings. The van der Waals surface area contributed by atoms with Crippen LogP contribution in [0.3, 0.4) is 0 Å². The Balaban J connectivity index is 1.92. The first-order valence-electron chi connectivity index (χ1n) is 7.99. The Hall–Kier alpha value is -3.51. The second kappa shape index (κ2) is 8.67. The summed E-state index contributed by atoms with van der Waals surface area (Å²) in [7, 11) is 1.58. The third-order valence-electron chi connectivity index (χ3n) is 3.65. The molecule has 4 N–H and O–H groups in total. The molecule has 10 nitrogen and oxygen atoms in total. The van der Waals surface area contributed by atoms with Crippen molar-refractivity contribution in [2.45, 2.75) is 6.61 Å². The molecule has 0 atom stereocenters. The maximum atomic E-state index is 12.8. The summed E-state index contributed by atoms with van der Waals surface area (Å²) in [6.45, 7) is -3.17. The predicted octanol–water partition coefficient (Wildman–Crippen LogP) is 1.54. The number of nitrogens with one attached hydrogen (secondary N) is 4. The van der Waals surface area contributed by atoms with Gasteiger partial charge in [0.2, 0.25) is 5.96 Å². The Bertz CT molecular complexity index is 959. The van der Waals surface area contributed by atoms with Gasteiger partial charge in [-0.3, -0.25) is 24.9 Å². The van der Waals surface area contributed by atoms with Gasteiger partial charge in [-0.15, -0.1) is 10.6 Å². The minimum absolute atomic E-state index is 0.0993. The highest BCUT2D eigenvalue weighted by atomic mass is 35.5. The Labute approximate surface area is 167 Å². The van der Waals surface area contributed by atoms with Crippen LogP contribution in [-0.4, -0.2) is 41.4 Å². The molecule has 3 rings (SSSR count). The lowest BCUT2D eigenvalue weighted by atomic mass is 10.1. The number of pyridine rings is 1. The predicted molar refractivity (Wildman–Crippen MR) is 99.2 cm³/mol.